The first kappa shape index (κ1) is 31.7. The van der Waals surface area contributed by atoms with Crippen LogP contribution < -0.4 is 15.4 Å². The van der Waals surface area contributed by atoms with E-state index >= 15 is 0 Å². The normalized spacial score (nSPS) is 20.2. The average Bonchev–Trinajstić information content (AvgIpc) is 3.64. The maximum absolute atomic E-state index is 6.73. The van der Waals surface area contributed by atoms with E-state index in [2.05, 4.69) is 199 Å². The van der Waals surface area contributed by atoms with Gasteiger partial charge in [-0.2, -0.15) is 0 Å². The molecule has 3 aliphatic rings. The van der Waals surface area contributed by atoms with Gasteiger partial charge in [0.2, 0.25) is 0 Å². The van der Waals surface area contributed by atoms with Gasteiger partial charge < -0.3 is 10.1 Å². The molecule has 2 N–H and O–H groups in total. The molecule has 8 aromatic carbocycles. The molecule has 0 spiro atoms. The van der Waals surface area contributed by atoms with Crippen molar-refractivity contribution in [3.63, 3.8) is 0 Å². The lowest BCUT2D eigenvalue weighted by atomic mass is 9.78. The molecule has 4 heteroatoms. The summed E-state index contributed by atoms with van der Waals surface area (Å²) in [7, 11) is 0. The number of nitrogens with zero attached hydrogens (tertiary/aromatic N) is 1. The predicted octanol–water partition coefficient (Wildman–Crippen LogP) is 11.7. The lowest BCUT2D eigenvalue weighted by Gasteiger charge is -2.34. The Morgan fingerprint density at radius 1 is 0.509 bits per heavy atom. The van der Waals surface area contributed by atoms with Crippen LogP contribution in [-0.4, -0.2) is 11.9 Å². The Labute approximate surface area is 320 Å². The molecule has 0 aromatic heterocycles. The molecular weight excluding hydrogens is 671 g/mol. The van der Waals surface area contributed by atoms with Gasteiger partial charge in [-0.1, -0.05) is 152 Å². The second-order valence-electron chi connectivity index (χ2n) is 14.8. The molecule has 11 rings (SSSR count). The molecule has 8 aromatic rings. The molecular formula is C51H37N3O. The summed E-state index contributed by atoms with van der Waals surface area (Å²) in [4.78, 5) is 5.44. The molecule has 0 saturated carbocycles. The van der Waals surface area contributed by atoms with E-state index in [-0.39, 0.29) is 24.4 Å². The van der Waals surface area contributed by atoms with Gasteiger partial charge in [-0.15, -0.1) is 0 Å². The van der Waals surface area contributed by atoms with E-state index in [4.69, 9.17) is 9.73 Å². The second-order valence-corrected chi connectivity index (χ2v) is 14.8. The first-order valence-corrected chi connectivity index (χ1v) is 19.1. The fourth-order valence-corrected chi connectivity index (χ4v) is 8.75. The summed E-state index contributed by atoms with van der Waals surface area (Å²) in [5, 5.41) is 15.1. The minimum atomic E-state index is -0.284. The number of rotatable bonds is 5. The van der Waals surface area contributed by atoms with Crippen molar-refractivity contribution < 1.29 is 4.74 Å². The molecule has 0 radical (unpaired) electrons. The van der Waals surface area contributed by atoms with Crippen LogP contribution in [0.3, 0.4) is 0 Å². The van der Waals surface area contributed by atoms with Crippen molar-refractivity contribution >= 4 is 43.7 Å². The van der Waals surface area contributed by atoms with Crippen LogP contribution in [0.2, 0.25) is 0 Å². The summed E-state index contributed by atoms with van der Waals surface area (Å²) in [6.45, 7) is 0. The first-order chi connectivity index (χ1) is 27.2. The van der Waals surface area contributed by atoms with E-state index in [9.17, 15) is 0 Å². The zero-order chi connectivity index (χ0) is 36.3. The number of hydrogen-bond donors (Lipinski definition) is 2. The van der Waals surface area contributed by atoms with E-state index in [1.54, 1.807) is 0 Å². The molecule has 4 unspecified atom stereocenters. The third kappa shape index (κ3) is 5.62. The number of para-hydroxylation sites is 1. The number of benzene rings is 8. The Bertz CT molecular complexity index is 2890. The fourth-order valence-electron chi connectivity index (χ4n) is 8.75. The van der Waals surface area contributed by atoms with Crippen molar-refractivity contribution in [3.05, 3.63) is 216 Å². The number of hydrogen-bond acceptors (Lipinski definition) is 4. The second kappa shape index (κ2) is 13.0. The summed E-state index contributed by atoms with van der Waals surface area (Å²) < 4.78 is 6.73. The number of ether oxygens (including phenoxy) is 1. The molecule has 4 nitrogen and oxygen atoms in total. The Balaban J connectivity index is 1.03. The van der Waals surface area contributed by atoms with Crippen molar-refractivity contribution in [3.8, 4) is 16.9 Å². The SMILES string of the molecule is C1=C(C2=NC(c3cccc(-c4ccc5ccccc5c4)c3)NC(c3ccccc3)N2)C=C(c2ccc3c(ccc4ccccc43)c2)C2c3ccccc3OC12. The summed E-state index contributed by atoms with van der Waals surface area (Å²) in [6, 6.07) is 63.1. The van der Waals surface area contributed by atoms with Crippen LogP contribution in [0.4, 0.5) is 0 Å². The zero-order valence-electron chi connectivity index (χ0n) is 30.1. The van der Waals surface area contributed by atoms with E-state index in [0.717, 1.165) is 28.3 Å². The topological polar surface area (TPSA) is 45.7 Å². The number of fused-ring (bicyclic) bond motifs is 7. The smallest absolute Gasteiger partial charge is 0.131 e. The summed E-state index contributed by atoms with van der Waals surface area (Å²) in [5.74, 6) is 1.86. The van der Waals surface area contributed by atoms with Crippen molar-refractivity contribution in [2.45, 2.75) is 24.4 Å². The minimum absolute atomic E-state index is 0.0690. The van der Waals surface area contributed by atoms with Gasteiger partial charge in [-0.05, 0) is 102 Å². The zero-order valence-corrected chi connectivity index (χ0v) is 30.1. The maximum Gasteiger partial charge on any atom is 0.131 e. The van der Waals surface area contributed by atoms with Gasteiger partial charge in [0.1, 0.15) is 30.0 Å². The van der Waals surface area contributed by atoms with Crippen LogP contribution >= 0.6 is 0 Å². The fraction of sp³-hybridized carbons (Fsp3) is 0.0784. The largest absolute Gasteiger partial charge is 0.485 e. The molecule has 4 atom stereocenters. The van der Waals surface area contributed by atoms with Crippen molar-refractivity contribution in [2.75, 3.05) is 0 Å². The standard InChI is InChI=1S/C51H37N3O/c1-2-13-34(14-3-1)49-52-50(40-17-10-16-36(28-40)37-23-21-32-11-4-5-15-35(32)27-37)54-51(53-49)41-30-45(48-44-19-8-9-20-46(44)55-47(48)31-41)39-25-26-43-38(29-39)24-22-33-12-6-7-18-42(33)43/h1-31,47-50,52H,(H,53,54). The van der Waals surface area contributed by atoms with Crippen LogP contribution in [0, 0.1) is 0 Å². The molecule has 55 heavy (non-hydrogen) atoms. The third-order valence-electron chi connectivity index (χ3n) is 11.5. The highest BCUT2D eigenvalue weighted by Crippen LogP contribution is 2.49. The van der Waals surface area contributed by atoms with E-state index in [0.29, 0.717) is 0 Å². The Morgan fingerprint density at radius 3 is 2.13 bits per heavy atom. The maximum atomic E-state index is 6.73. The van der Waals surface area contributed by atoms with Gasteiger partial charge in [0, 0.05) is 11.1 Å². The van der Waals surface area contributed by atoms with Crippen molar-refractivity contribution in [1.29, 1.82) is 0 Å². The highest BCUT2D eigenvalue weighted by Gasteiger charge is 2.40. The van der Waals surface area contributed by atoms with Gasteiger partial charge in [0.05, 0.1) is 5.92 Å². The number of aliphatic imine (C=N–C) groups is 1. The number of amidine groups is 1. The predicted molar refractivity (Wildman–Crippen MR) is 226 cm³/mol. The third-order valence-corrected chi connectivity index (χ3v) is 11.5. The van der Waals surface area contributed by atoms with E-state index in [1.807, 2.05) is 0 Å². The first-order valence-electron chi connectivity index (χ1n) is 19.1. The monoisotopic (exact) mass is 707 g/mol. The van der Waals surface area contributed by atoms with Gasteiger partial charge in [-0.3, -0.25) is 5.32 Å². The molecule has 262 valence electrons. The molecule has 2 heterocycles. The summed E-state index contributed by atoms with van der Waals surface area (Å²) in [5.41, 5.74) is 9.28. The van der Waals surface area contributed by atoms with Gasteiger partial charge in [0.15, 0.2) is 0 Å². The lowest BCUT2D eigenvalue weighted by molar-refractivity contribution is 0.271. The highest BCUT2D eigenvalue weighted by atomic mass is 16.5. The molecule has 1 aliphatic carbocycles. The van der Waals surface area contributed by atoms with Crippen molar-refractivity contribution in [2.24, 2.45) is 4.99 Å². The Morgan fingerprint density at radius 2 is 1.20 bits per heavy atom. The van der Waals surface area contributed by atoms with E-state index in [1.165, 1.54) is 60.1 Å². The van der Waals surface area contributed by atoms with Gasteiger partial charge in [0.25, 0.3) is 0 Å². The molecule has 0 saturated heterocycles. The molecule has 2 aliphatic heterocycles. The lowest BCUT2D eigenvalue weighted by Crippen LogP contribution is -2.45. The van der Waals surface area contributed by atoms with Crippen LogP contribution in [0.25, 0.3) is 49.0 Å². The molecule has 0 amide bonds. The molecule has 0 bridgehead atoms. The van der Waals surface area contributed by atoms with Gasteiger partial charge in [-0.25, -0.2) is 4.99 Å². The van der Waals surface area contributed by atoms with Crippen LogP contribution in [0.15, 0.2) is 199 Å². The highest BCUT2D eigenvalue weighted by molar-refractivity contribution is 6.09. The van der Waals surface area contributed by atoms with Crippen LogP contribution in [0.1, 0.15) is 40.5 Å². The number of nitrogens with one attached hydrogen (secondary N) is 2. The summed E-state index contributed by atoms with van der Waals surface area (Å²) in [6.07, 6.45) is 4.01. The van der Waals surface area contributed by atoms with E-state index < -0.39 is 0 Å². The van der Waals surface area contributed by atoms with Crippen LogP contribution in [-0.2, 0) is 0 Å². The quantitative estimate of drug-likeness (QED) is 0.175. The Hall–Kier alpha value is -6.75. The van der Waals surface area contributed by atoms with Crippen LogP contribution in [0.5, 0.6) is 5.75 Å². The molecule has 0 fully saturated rings. The summed E-state index contributed by atoms with van der Waals surface area (Å²) >= 11 is 0. The minimum Gasteiger partial charge on any atom is -0.485 e. The van der Waals surface area contributed by atoms with Gasteiger partial charge >= 0.3 is 0 Å². The average molecular weight is 708 g/mol. The Kier molecular flexibility index (Phi) is 7.49. The van der Waals surface area contributed by atoms with Crippen molar-refractivity contribution in [1.82, 2.24) is 10.6 Å².